The van der Waals surface area contributed by atoms with Gasteiger partial charge in [-0.25, -0.2) is 4.79 Å². The number of thioether (sulfide) groups is 1. The molecule has 2 fully saturated rings. The normalized spacial score (nSPS) is 31.6. The van der Waals surface area contributed by atoms with E-state index < -0.39 is 12.0 Å². The maximum atomic E-state index is 12.0. The molecule has 0 aromatic rings. The fourth-order valence-corrected chi connectivity index (χ4v) is 3.59. The van der Waals surface area contributed by atoms with Crippen molar-refractivity contribution in [3.8, 4) is 0 Å². The average Bonchev–Trinajstić information content (AvgIpc) is 2.83. The predicted octanol–water partition coefficient (Wildman–Crippen LogP) is 1.45. The van der Waals surface area contributed by atoms with Gasteiger partial charge >= 0.3 is 5.97 Å². The van der Waals surface area contributed by atoms with E-state index in [2.05, 4.69) is 0 Å². The first-order valence-electron chi connectivity index (χ1n) is 6.16. The highest BCUT2D eigenvalue weighted by Crippen LogP contribution is 2.42. The summed E-state index contributed by atoms with van der Waals surface area (Å²) in [4.78, 5) is 25.0. The molecule has 4 nitrogen and oxygen atoms in total. The third kappa shape index (κ3) is 2.44. The number of carbonyl (C=O) groups excluding carboxylic acids is 1. The summed E-state index contributed by atoms with van der Waals surface area (Å²) in [6.07, 6.45) is 5.59. The molecule has 2 aliphatic rings. The van der Waals surface area contributed by atoms with Crippen molar-refractivity contribution in [3.05, 3.63) is 0 Å². The summed E-state index contributed by atoms with van der Waals surface area (Å²) >= 11 is 1.62. The van der Waals surface area contributed by atoms with Gasteiger partial charge in [0.2, 0.25) is 5.91 Å². The molecule has 3 atom stereocenters. The smallest absolute Gasteiger partial charge is 0.326 e. The molecule has 96 valence electrons. The predicted molar refractivity (Wildman–Crippen MR) is 67.0 cm³/mol. The van der Waals surface area contributed by atoms with Crippen LogP contribution >= 0.6 is 11.8 Å². The largest absolute Gasteiger partial charge is 0.480 e. The lowest BCUT2D eigenvalue weighted by Gasteiger charge is -2.24. The van der Waals surface area contributed by atoms with Crippen LogP contribution in [0.4, 0.5) is 0 Å². The lowest BCUT2D eigenvalue weighted by molar-refractivity contribution is -0.149. The number of carboxylic acids is 1. The number of aliphatic carboxylic acids is 1. The Kier molecular flexibility index (Phi) is 3.97. The number of rotatable bonds is 4. The second kappa shape index (κ2) is 5.29. The highest BCUT2D eigenvalue weighted by Gasteiger charge is 2.49. The zero-order chi connectivity index (χ0) is 12.4. The molecule has 1 amide bonds. The molecule has 1 N–H and O–H groups in total. The molecule has 1 aliphatic carbocycles. The van der Waals surface area contributed by atoms with E-state index in [4.69, 9.17) is 0 Å². The first-order valence-corrected chi connectivity index (χ1v) is 7.55. The van der Waals surface area contributed by atoms with E-state index in [0.717, 1.165) is 25.0 Å². The van der Waals surface area contributed by atoms with Crippen molar-refractivity contribution in [3.63, 3.8) is 0 Å². The standard InChI is InChI=1S/C12H19NO3S/c1-17-6-5-10(14)13-7-8-3-2-4-9(8)11(13)12(15)16/h8-9,11H,2-7H2,1H3,(H,15,16). The lowest BCUT2D eigenvalue weighted by Crippen LogP contribution is -2.43. The molecule has 1 heterocycles. The molecule has 17 heavy (non-hydrogen) atoms. The van der Waals surface area contributed by atoms with E-state index in [-0.39, 0.29) is 11.8 Å². The molecule has 0 aromatic carbocycles. The van der Waals surface area contributed by atoms with Crippen LogP contribution < -0.4 is 0 Å². The number of amides is 1. The van der Waals surface area contributed by atoms with Crippen LogP contribution in [0.15, 0.2) is 0 Å². The SMILES string of the molecule is CSCCC(=O)N1CC2CCCC2C1C(=O)O. The summed E-state index contributed by atoms with van der Waals surface area (Å²) in [6, 6.07) is -0.558. The fraction of sp³-hybridized carbons (Fsp3) is 0.833. The molecule has 5 heteroatoms. The molecule has 0 radical (unpaired) electrons. The topological polar surface area (TPSA) is 57.6 Å². The third-order valence-corrected chi connectivity index (χ3v) is 4.60. The molecule has 0 spiro atoms. The van der Waals surface area contributed by atoms with Crippen molar-refractivity contribution in [1.82, 2.24) is 4.90 Å². The van der Waals surface area contributed by atoms with Gasteiger partial charge in [0.25, 0.3) is 0 Å². The Labute approximate surface area is 106 Å². The fourth-order valence-electron chi connectivity index (χ4n) is 3.21. The minimum Gasteiger partial charge on any atom is -0.480 e. The zero-order valence-corrected chi connectivity index (χ0v) is 10.9. The molecule has 1 aliphatic heterocycles. The van der Waals surface area contributed by atoms with E-state index >= 15 is 0 Å². The van der Waals surface area contributed by atoms with Crippen molar-refractivity contribution in [2.45, 2.75) is 31.7 Å². The minimum atomic E-state index is -0.822. The van der Waals surface area contributed by atoms with E-state index in [1.54, 1.807) is 16.7 Å². The zero-order valence-electron chi connectivity index (χ0n) is 10.1. The van der Waals surface area contributed by atoms with Crippen LogP contribution in [0.1, 0.15) is 25.7 Å². The van der Waals surface area contributed by atoms with Gasteiger partial charge in [-0.1, -0.05) is 6.42 Å². The van der Waals surface area contributed by atoms with Gasteiger partial charge in [-0.2, -0.15) is 11.8 Å². The Bertz CT molecular complexity index is 321. The van der Waals surface area contributed by atoms with Crippen LogP contribution in [0.2, 0.25) is 0 Å². The Balaban J connectivity index is 2.06. The van der Waals surface area contributed by atoms with Crippen LogP contribution in [0, 0.1) is 11.8 Å². The van der Waals surface area contributed by atoms with Crippen molar-refractivity contribution < 1.29 is 14.7 Å². The van der Waals surface area contributed by atoms with Crippen molar-refractivity contribution in [2.24, 2.45) is 11.8 Å². The van der Waals surface area contributed by atoms with Gasteiger partial charge in [0.1, 0.15) is 6.04 Å². The third-order valence-electron chi connectivity index (χ3n) is 3.98. The first-order chi connectivity index (χ1) is 8.15. The van der Waals surface area contributed by atoms with Gasteiger partial charge in [0.05, 0.1) is 0 Å². The second-order valence-corrected chi connectivity index (χ2v) is 5.91. The van der Waals surface area contributed by atoms with Crippen LogP contribution in [0.5, 0.6) is 0 Å². The molecule has 0 aromatic heterocycles. The van der Waals surface area contributed by atoms with E-state index in [0.29, 0.717) is 18.9 Å². The number of nitrogens with zero attached hydrogens (tertiary/aromatic N) is 1. The Morgan fingerprint density at radius 1 is 1.41 bits per heavy atom. The quantitative estimate of drug-likeness (QED) is 0.828. The molecule has 1 saturated carbocycles. The molecule has 3 unspecified atom stereocenters. The number of carbonyl (C=O) groups is 2. The Hall–Kier alpha value is -0.710. The lowest BCUT2D eigenvalue weighted by atomic mass is 9.94. The molecular weight excluding hydrogens is 238 g/mol. The average molecular weight is 257 g/mol. The number of fused-ring (bicyclic) bond motifs is 1. The maximum Gasteiger partial charge on any atom is 0.326 e. The van der Waals surface area contributed by atoms with Gasteiger partial charge < -0.3 is 10.0 Å². The summed E-state index contributed by atoms with van der Waals surface area (Å²) in [5, 5.41) is 9.31. The number of likely N-dealkylation sites (tertiary alicyclic amines) is 1. The summed E-state index contributed by atoms with van der Waals surface area (Å²) in [7, 11) is 0. The van der Waals surface area contributed by atoms with Crippen molar-refractivity contribution >= 4 is 23.6 Å². The van der Waals surface area contributed by atoms with Crippen LogP contribution in [0.3, 0.4) is 0 Å². The molecule has 1 saturated heterocycles. The van der Waals surface area contributed by atoms with Crippen molar-refractivity contribution in [2.75, 3.05) is 18.6 Å². The van der Waals surface area contributed by atoms with Crippen molar-refractivity contribution in [1.29, 1.82) is 0 Å². The van der Waals surface area contributed by atoms with Gasteiger partial charge in [0, 0.05) is 18.7 Å². The second-order valence-electron chi connectivity index (χ2n) is 4.93. The highest BCUT2D eigenvalue weighted by molar-refractivity contribution is 7.98. The summed E-state index contributed by atoms with van der Waals surface area (Å²) < 4.78 is 0. The van der Waals surface area contributed by atoms with Crippen LogP contribution in [-0.2, 0) is 9.59 Å². The number of hydrogen-bond acceptors (Lipinski definition) is 3. The summed E-state index contributed by atoms with van der Waals surface area (Å²) in [5.41, 5.74) is 0. The Morgan fingerprint density at radius 3 is 2.82 bits per heavy atom. The Morgan fingerprint density at radius 2 is 2.18 bits per heavy atom. The molecule has 2 rings (SSSR count). The van der Waals surface area contributed by atoms with E-state index in [9.17, 15) is 14.7 Å². The van der Waals surface area contributed by atoms with Gasteiger partial charge in [0.15, 0.2) is 0 Å². The van der Waals surface area contributed by atoms with Crippen LogP contribution in [0.25, 0.3) is 0 Å². The first kappa shape index (κ1) is 12.7. The number of hydrogen-bond donors (Lipinski definition) is 1. The van der Waals surface area contributed by atoms with Gasteiger partial charge in [-0.15, -0.1) is 0 Å². The van der Waals surface area contributed by atoms with Gasteiger partial charge in [-0.3, -0.25) is 4.79 Å². The number of carboxylic acid groups (broad SMARTS) is 1. The minimum absolute atomic E-state index is 0.0150. The summed E-state index contributed by atoms with van der Waals surface area (Å²) in [6.45, 7) is 0.662. The monoisotopic (exact) mass is 257 g/mol. The maximum absolute atomic E-state index is 12.0. The summed E-state index contributed by atoms with van der Waals surface area (Å²) in [5.74, 6) is 0.593. The molecule has 0 bridgehead atoms. The van der Waals surface area contributed by atoms with E-state index in [1.807, 2.05) is 6.26 Å². The molecular formula is C12H19NO3S. The van der Waals surface area contributed by atoms with Crippen LogP contribution in [-0.4, -0.2) is 46.5 Å². The van der Waals surface area contributed by atoms with Gasteiger partial charge in [-0.05, 0) is 30.9 Å². The van der Waals surface area contributed by atoms with E-state index in [1.165, 1.54) is 0 Å². The highest BCUT2D eigenvalue weighted by atomic mass is 32.2.